The summed E-state index contributed by atoms with van der Waals surface area (Å²) in [5, 5.41) is -1.61. The van der Waals surface area contributed by atoms with Gasteiger partial charge in [-0.2, -0.15) is 13.2 Å². The van der Waals surface area contributed by atoms with Crippen LogP contribution in [0.3, 0.4) is 0 Å². The van der Waals surface area contributed by atoms with Gasteiger partial charge in [-0.1, -0.05) is 0 Å². The molecule has 2 rings (SSSR count). The Morgan fingerprint density at radius 3 is 1.94 bits per heavy atom. The van der Waals surface area contributed by atoms with Gasteiger partial charge in [0, 0.05) is 0 Å². The number of halogens is 8. The Hall–Kier alpha value is -1.29. The predicted octanol–water partition coefficient (Wildman–Crippen LogP) is 6.89. The van der Waals surface area contributed by atoms with Gasteiger partial charge in [0.05, 0.1) is 0 Å². The molecule has 32 heavy (non-hydrogen) atoms. The molecule has 1 atom stereocenters. The zero-order chi connectivity index (χ0) is 24.6. The Bertz CT molecular complexity index is 1080. The van der Waals surface area contributed by atoms with E-state index in [-0.39, 0.29) is 5.69 Å². The van der Waals surface area contributed by atoms with E-state index < -0.39 is 73.7 Å². The van der Waals surface area contributed by atoms with E-state index in [0.717, 1.165) is 12.1 Å². The zero-order valence-corrected chi connectivity index (χ0v) is 20.8. The van der Waals surface area contributed by atoms with E-state index in [4.69, 9.17) is 27.9 Å². The van der Waals surface area contributed by atoms with E-state index in [2.05, 4.69) is 0 Å². The van der Waals surface area contributed by atoms with Crippen molar-refractivity contribution in [2.45, 2.75) is 40.5 Å². The summed E-state index contributed by atoms with van der Waals surface area (Å²) in [6.07, 6.45) is -9.58. The van der Waals surface area contributed by atoms with Crippen LogP contribution < -0.4 is 9.46 Å². The second-order valence-electron chi connectivity index (χ2n) is 6.76. The van der Waals surface area contributed by atoms with Crippen LogP contribution in [0.5, 0.6) is 5.75 Å². The average molecular weight is 586 g/mol. The van der Waals surface area contributed by atoms with Gasteiger partial charge in [0.15, 0.2) is 0 Å². The van der Waals surface area contributed by atoms with Crippen LogP contribution in [0.1, 0.15) is 18.1 Å². The Labute approximate surface area is 195 Å². The molecule has 0 spiro atoms. The number of rotatable bonds is 6. The van der Waals surface area contributed by atoms with Crippen LogP contribution in [0.15, 0.2) is 35.2 Å². The van der Waals surface area contributed by atoms with Crippen molar-refractivity contribution >= 4 is 53.6 Å². The molecule has 2 aromatic carbocycles. The van der Waals surface area contributed by atoms with Crippen molar-refractivity contribution in [3.8, 4) is 5.75 Å². The van der Waals surface area contributed by atoms with Crippen molar-refractivity contribution in [3.05, 3.63) is 51.5 Å². The third-order valence-electron chi connectivity index (χ3n) is 4.16. The molecule has 178 valence electrons. The van der Waals surface area contributed by atoms with E-state index in [9.17, 15) is 34.8 Å². The standard InChI is InChI=1S/C18H16AsCl2F6NO3S/c1-9(19(2)3)31-15-8-11(4-5-12(15)18(25,26)27)28-32(29,30)16-13(20)6-10(7-14(16)21)17(22,23)24/h4-9,28H,1-3H3. The molecule has 0 fully saturated rings. The van der Waals surface area contributed by atoms with Crippen LogP contribution in [0.25, 0.3) is 0 Å². The molecule has 14 heteroatoms. The van der Waals surface area contributed by atoms with Crippen LogP contribution in [-0.2, 0) is 22.4 Å². The van der Waals surface area contributed by atoms with Crippen LogP contribution >= 0.6 is 23.2 Å². The zero-order valence-electron chi connectivity index (χ0n) is 16.6. The first kappa shape index (κ1) is 27.0. The number of hydrogen-bond donors (Lipinski definition) is 1. The van der Waals surface area contributed by atoms with Gasteiger partial charge in [0.25, 0.3) is 0 Å². The molecule has 0 aliphatic carbocycles. The minimum atomic E-state index is -4.82. The van der Waals surface area contributed by atoms with E-state index in [1.807, 2.05) is 16.1 Å². The second-order valence-corrected chi connectivity index (χ2v) is 14.8. The van der Waals surface area contributed by atoms with E-state index in [0.29, 0.717) is 18.2 Å². The summed E-state index contributed by atoms with van der Waals surface area (Å²) in [7, 11) is -4.66. The van der Waals surface area contributed by atoms with Crippen molar-refractivity contribution in [2.75, 3.05) is 4.72 Å². The van der Waals surface area contributed by atoms with Gasteiger partial charge in [-0.15, -0.1) is 0 Å². The Kier molecular flexibility index (Phi) is 8.02. The van der Waals surface area contributed by atoms with Gasteiger partial charge >= 0.3 is 182 Å². The van der Waals surface area contributed by atoms with Gasteiger partial charge in [-0.25, -0.2) is 0 Å². The number of hydrogen-bond acceptors (Lipinski definition) is 3. The summed E-state index contributed by atoms with van der Waals surface area (Å²) in [6.45, 7) is 1.61. The number of ether oxygens (including phenoxy) is 1. The molecule has 0 saturated carbocycles. The molecule has 0 aromatic heterocycles. The summed E-state index contributed by atoms with van der Waals surface area (Å²) in [4.78, 5) is -1.34. The van der Waals surface area contributed by atoms with Gasteiger partial charge in [0.1, 0.15) is 0 Å². The number of benzene rings is 2. The van der Waals surface area contributed by atoms with Crippen LogP contribution in [0, 0.1) is 0 Å². The Morgan fingerprint density at radius 2 is 1.50 bits per heavy atom. The topological polar surface area (TPSA) is 55.4 Å². The van der Waals surface area contributed by atoms with Crippen molar-refractivity contribution in [3.63, 3.8) is 0 Å². The van der Waals surface area contributed by atoms with E-state index in [1.165, 1.54) is 0 Å². The fourth-order valence-electron chi connectivity index (χ4n) is 2.39. The second kappa shape index (κ2) is 9.52. The first-order valence-electron chi connectivity index (χ1n) is 8.57. The molecular weight excluding hydrogens is 570 g/mol. The van der Waals surface area contributed by atoms with Crippen molar-refractivity contribution in [1.29, 1.82) is 0 Å². The quantitative estimate of drug-likeness (QED) is 0.297. The maximum atomic E-state index is 13.3. The molecule has 0 aliphatic heterocycles. The summed E-state index contributed by atoms with van der Waals surface area (Å²) >= 11 is 9.91. The third kappa shape index (κ3) is 6.39. The average Bonchev–Trinajstić information content (AvgIpc) is 2.58. The molecule has 4 nitrogen and oxygen atoms in total. The number of nitrogens with one attached hydrogen (secondary N) is 1. The molecule has 0 aliphatic rings. The van der Waals surface area contributed by atoms with E-state index >= 15 is 0 Å². The first-order chi connectivity index (χ1) is 14.4. The fourth-order valence-corrected chi connectivity index (χ4v) is 5.34. The first-order valence-corrected chi connectivity index (χ1v) is 15.6. The monoisotopic (exact) mass is 585 g/mol. The van der Waals surface area contributed by atoms with Crippen molar-refractivity contribution in [2.24, 2.45) is 0 Å². The Morgan fingerprint density at radius 1 is 0.969 bits per heavy atom. The maximum absolute atomic E-state index is 13.3. The van der Waals surface area contributed by atoms with Crippen molar-refractivity contribution in [1.82, 2.24) is 0 Å². The van der Waals surface area contributed by atoms with E-state index in [1.54, 1.807) is 6.92 Å². The molecule has 0 bridgehead atoms. The SMILES string of the molecule is CC(Oc1cc(NS(=O)(=O)c2c(Cl)cc(C(F)(F)F)cc2Cl)ccc1C(F)(F)F)[As](C)C. The normalized spacial score (nSPS) is 13.9. The number of anilines is 1. The molecule has 1 N–H and O–H groups in total. The third-order valence-corrected chi connectivity index (χ3v) is 9.73. The van der Waals surface area contributed by atoms with Crippen LogP contribution in [-0.4, -0.2) is 28.0 Å². The van der Waals surface area contributed by atoms with Crippen LogP contribution in [0.2, 0.25) is 21.5 Å². The molecule has 0 saturated heterocycles. The van der Waals surface area contributed by atoms with Crippen LogP contribution in [0.4, 0.5) is 32.0 Å². The van der Waals surface area contributed by atoms with Gasteiger partial charge in [-0.05, 0) is 0 Å². The summed E-state index contributed by atoms with van der Waals surface area (Å²) in [6, 6.07) is 3.10. The summed E-state index contributed by atoms with van der Waals surface area (Å²) < 4.78 is 111. The molecular formula is C18H16AsCl2F6NO3S. The van der Waals surface area contributed by atoms with Crippen molar-refractivity contribution < 1.29 is 39.5 Å². The van der Waals surface area contributed by atoms with Gasteiger partial charge < -0.3 is 0 Å². The van der Waals surface area contributed by atoms with Gasteiger partial charge in [0.2, 0.25) is 0 Å². The predicted molar refractivity (Wildman–Crippen MR) is 111 cm³/mol. The Balaban J connectivity index is 2.50. The molecule has 0 amide bonds. The molecule has 0 radical (unpaired) electrons. The minimum absolute atomic E-state index is 0.321. The molecule has 0 heterocycles. The molecule has 2 aromatic rings. The number of alkyl halides is 6. The summed E-state index contributed by atoms with van der Waals surface area (Å²) in [5.41, 5.74) is 1.05. The summed E-state index contributed by atoms with van der Waals surface area (Å²) in [5.74, 6) is -0.585. The molecule has 1 unspecified atom stereocenters. The fraction of sp³-hybridized carbons (Fsp3) is 0.333. The van der Waals surface area contributed by atoms with Gasteiger partial charge in [-0.3, -0.25) is 0 Å². The number of sulfonamides is 1.